The summed E-state index contributed by atoms with van der Waals surface area (Å²) in [5.41, 5.74) is 0.782. The van der Waals surface area contributed by atoms with Crippen LogP contribution in [0.4, 0.5) is 5.69 Å². The second kappa shape index (κ2) is 10.7. The van der Waals surface area contributed by atoms with Gasteiger partial charge in [-0.2, -0.15) is 0 Å². The van der Waals surface area contributed by atoms with Crippen LogP contribution in [0.15, 0.2) is 18.2 Å². The van der Waals surface area contributed by atoms with Gasteiger partial charge in [0.15, 0.2) is 0 Å². The lowest BCUT2D eigenvalue weighted by atomic mass is 10.3. The van der Waals surface area contributed by atoms with Gasteiger partial charge in [-0.05, 0) is 37.8 Å². The Kier molecular flexibility index (Phi) is 10.7. The summed E-state index contributed by atoms with van der Waals surface area (Å²) in [6.07, 6.45) is 0. The van der Waals surface area contributed by atoms with Crippen LogP contribution in [0.3, 0.4) is 0 Å². The average molecular weight is 339 g/mol. The minimum absolute atomic E-state index is 0.397. The smallest absolute Gasteiger partial charge is 0.135 e. The second-order valence-electron chi connectivity index (χ2n) is 3.68. The molecular formula is C13H20Cl2N2S2. The molecule has 19 heavy (non-hydrogen) atoms. The SMILES string of the molecule is CCN(CC)CC.S=C(S)Nc1ccc(Cl)c(Cl)c1. The maximum absolute atomic E-state index is 5.76. The fourth-order valence-electron chi connectivity index (χ4n) is 1.37. The van der Waals surface area contributed by atoms with Crippen LogP contribution in [0.25, 0.3) is 0 Å². The molecule has 0 unspecified atom stereocenters. The highest BCUT2D eigenvalue weighted by Crippen LogP contribution is 2.25. The third-order valence-corrected chi connectivity index (χ3v) is 3.47. The predicted octanol–water partition coefficient (Wildman–Crippen LogP) is 4.97. The van der Waals surface area contributed by atoms with Gasteiger partial charge in [-0.25, -0.2) is 0 Å². The quantitative estimate of drug-likeness (QED) is 0.595. The lowest BCUT2D eigenvalue weighted by Crippen LogP contribution is -2.21. The summed E-state index contributed by atoms with van der Waals surface area (Å²) in [5, 5.41) is 3.84. The normalized spacial score (nSPS) is 9.84. The van der Waals surface area contributed by atoms with Crippen LogP contribution in [-0.2, 0) is 0 Å². The monoisotopic (exact) mass is 338 g/mol. The topological polar surface area (TPSA) is 15.3 Å². The van der Waals surface area contributed by atoms with Crippen molar-refractivity contribution in [1.82, 2.24) is 4.90 Å². The summed E-state index contributed by atoms with van der Waals surface area (Å²) in [7, 11) is 0. The van der Waals surface area contributed by atoms with Gasteiger partial charge < -0.3 is 10.2 Å². The van der Waals surface area contributed by atoms with Gasteiger partial charge in [0.2, 0.25) is 0 Å². The van der Waals surface area contributed by atoms with Crippen molar-refractivity contribution in [2.45, 2.75) is 20.8 Å². The van der Waals surface area contributed by atoms with E-state index in [1.165, 1.54) is 19.6 Å². The van der Waals surface area contributed by atoms with Crippen molar-refractivity contribution >= 4 is 58.1 Å². The highest BCUT2D eigenvalue weighted by atomic mass is 35.5. The molecule has 0 fully saturated rings. The van der Waals surface area contributed by atoms with Gasteiger partial charge in [0, 0.05) is 5.69 Å². The van der Waals surface area contributed by atoms with Gasteiger partial charge in [0.25, 0.3) is 0 Å². The Morgan fingerprint density at radius 3 is 2.00 bits per heavy atom. The molecule has 2 nitrogen and oxygen atoms in total. The molecule has 1 rings (SSSR count). The molecule has 0 saturated carbocycles. The van der Waals surface area contributed by atoms with Crippen LogP contribution < -0.4 is 5.32 Å². The molecule has 0 atom stereocenters. The highest BCUT2D eigenvalue weighted by Gasteiger charge is 1.98. The van der Waals surface area contributed by atoms with Gasteiger partial charge >= 0.3 is 0 Å². The largest absolute Gasteiger partial charge is 0.341 e. The number of anilines is 1. The maximum atomic E-state index is 5.76. The molecule has 0 aliphatic carbocycles. The van der Waals surface area contributed by atoms with E-state index in [1.807, 2.05) is 0 Å². The molecule has 0 spiro atoms. The van der Waals surface area contributed by atoms with E-state index in [0.29, 0.717) is 14.4 Å². The zero-order chi connectivity index (χ0) is 14.8. The number of thiocarbonyl (C=S) groups is 1. The molecule has 6 heteroatoms. The first-order valence-corrected chi connectivity index (χ1v) is 7.73. The molecule has 0 aliphatic heterocycles. The third-order valence-electron chi connectivity index (χ3n) is 2.51. The van der Waals surface area contributed by atoms with Crippen LogP contribution in [0, 0.1) is 0 Å². The number of hydrogen-bond donors (Lipinski definition) is 2. The zero-order valence-electron chi connectivity index (χ0n) is 11.4. The Bertz CT molecular complexity index is 391. The summed E-state index contributed by atoms with van der Waals surface area (Å²) in [6, 6.07) is 5.15. The first kappa shape index (κ1) is 19.0. The lowest BCUT2D eigenvalue weighted by Gasteiger charge is -2.13. The number of halogens is 2. The van der Waals surface area contributed by atoms with Crippen LogP contribution in [-0.4, -0.2) is 28.9 Å². The molecule has 0 radical (unpaired) electrons. The highest BCUT2D eigenvalue weighted by molar-refractivity contribution is 8.11. The van der Waals surface area contributed by atoms with Crippen LogP contribution in [0.5, 0.6) is 0 Å². The number of hydrogen-bond acceptors (Lipinski definition) is 2. The second-order valence-corrected chi connectivity index (χ2v) is 5.65. The van der Waals surface area contributed by atoms with Crippen molar-refractivity contribution in [2.75, 3.05) is 25.0 Å². The Hall–Kier alpha value is -0.000000000000000111. The summed E-state index contributed by atoms with van der Waals surface area (Å²) in [5.74, 6) is 0. The van der Waals surface area contributed by atoms with E-state index in [1.54, 1.807) is 18.2 Å². The summed E-state index contributed by atoms with van der Waals surface area (Å²) >= 11 is 20.1. The number of thiol groups is 1. The molecule has 0 aliphatic rings. The van der Waals surface area contributed by atoms with Crippen LogP contribution in [0.2, 0.25) is 10.0 Å². The first-order valence-electron chi connectivity index (χ1n) is 6.11. The van der Waals surface area contributed by atoms with Crippen molar-refractivity contribution < 1.29 is 0 Å². The van der Waals surface area contributed by atoms with Gasteiger partial charge in [-0.15, -0.1) is 12.6 Å². The van der Waals surface area contributed by atoms with E-state index in [9.17, 15) is 0 Å². The Balaban J connectivity index is 0.000000399. The number of nitrogens with one attached hydrogen (secondary N) is 1. The third kappa shape index (κ3) is 8.71. The predicted molar refractivity (Wildman–Crippen MR) is 95.1 cm³/mol. The molecule has 1 N–H and O–H groups in total. The Morgan fingerprint density at radius 1 is 1.16 bits per heavy atom. The molecular weight excluding hydrogens is 319 g/mol. The van der Waals surface area contributed by atoms with Gasteiger partial charge in [0.1, 0.15) is 4.32 Å². The molecule has 0 saturated heterocycles. The average Bonchev–Trinajstić information content (AvgIpc) is 2.36. The molecule has 1 aromatic rings. The van der Waals surface area contributed by atoms with Crippen LogP contribution in [0.1, 0.15) is 20.8 Å². The number of benzene rings is 1. The van der Waals surface area contributed by atoms with E-state index in [0.717, 1.165) is 5.69 Å². The molecule has 0 aromatic heterocycles. The van der Waals surface area contributed by atoms with Crippen molar-refractivity contribution in [1.29, 1.82) is 0 Å². The maximum Gasteiger partial charge on any atom is 0.135 e. The Labute approximate surface area is 136 Å². The summed E-state index contributed by atoms with van der Waals surface area (Å²) in [6.45, 7) is 10.1. The van der Waals surface area contributed by atoms with Gasteiger partial charge in [-0.3, -0.25) is 0 Å². The van der Waals surface area contributed by atoms with E-state index >= 15 is 0 Å². The lowest BCUT2D eigenvalue weighted by molar-refractivity contribution is 0.321. The van der Waals surface area contributed by atoms with Crippen molar-refractivity contribution in [2.24, 2.45) is 0 Å². The minimum atomic E-state index is 0.397. The fourth-order valence-corrected chi connectivity index (χ4v) is 1.91. The Morgan fingerprint density at radius 2 is 1.68 bits per heavy atom. The van der Waals surface area contributed by atoms with Gasteiger partial charge in [0.05, 0.1) is 10.0 Å². The summed E-state index contributed by atoms with van der Waals surface area (Å²) < 4.78 is 0.397. The van der Waals surface area contributed by atoms with E-state index in [4.69, 9.17) is 35.4 Å². The molecule has 0 amide bonds. The van der Waals surface area contributed by atoms with Crippen molar-refractivity contribution in [3.63, 3.8) is 0 Å². The minimum Gasteiger partial charge on any atom is -0.341 e. The van der Waals surface area contributed by atoms with Gasteiger partial charge in [-0.1, -0.05) is 56.2 Å². The fraction of sp³-hybridized carbons (Fsp3) is 0.462. The van der Waals surface area contributed by atoms with Crippen molar-refractivity contribution in [3.8, 4) is 0 Å². The molecule has 0 bridgehead atoms. The van der Waals surface area contributed by atoms with E-state index < -0.39 is 0 Å². The number of nitrogens with zero attached hydrogens (tertiary/aromatic N) is 1. The zero-order valence-corrected chi connectivity index (χ0v) is 14.6. The van der Waals surface area contributed by atoms with E-state index in [-0.39, 0.29) is 0 Å². The molecule has 108 valence electrons. The number of rotatable bonds is 4. The molecule has 1 aromatic carbocycles. The van der Waals surface area contributed by atoms with E-state index in [2.05, 4.69) is 43.6 Å². The standard InChI is InChI=1S/C7H5Cl2NS2.C6H15N/c8-5-2-1-4(3-6(5)9)10-7(11)12;1-4-7(5-2)6-3/h1-3H,(H2,10,11,12);4-6H2,1-3H3. The summed E-state index contributed by atoms with van der Waals surface area (Å²) in [4.78, 5) is 2.38. The van der Waals surface area contributed by atoms with Crippen molar-refractivity contribution in [3.05, 3.63) is 28.2 Å². The molecule has 0 heterocycles. The first-order chi connectivity index (χ1) is 8.94. The van der Waals surface area contributed by atoms with Crippen LogP contribution >= 0.6 is 48.0 Å².